The lowest BCUT2D eigenvalue weighted by Crippen LogP contribution is -2.35. The number of hydrogen-bond donors (Lipinski definition) is 1. The normalized spacial score (nSPS) is 21.1. The Bertz CT molecular complexity index is 459. The third kappa shape index (κ3) is 4.53. The Balaban J connectivity index is 2.01. The van der Waals surface area contributed by atoms with Gasteiger partial charge in [0.2, 0.25) is 0 Å². The molecule has 118 valence electrons. The molecule has 1 aliphatic rings. The van der Waals surface area contributed by atoms with E-state index >= 15 is 0 Å². The highest BCUT2D eigenvalue weighted by Crippen LogP contribution is 2.34. The second-order valence-corrected chi connectivity index (χ2v) is 6.55. The summed E-state index contributed by atoms with van der Waals surface area (Å²) in [5, 5.41) is 10.2. The van der Waals surface area contributed by atoms with Crippen molar-refractivity contribution in [3.05, 3.63) is 34.9 Å². The molecule has 1 aliphatic heterocycles. The molecular formula is C18H29NO2. The van der Waals surface area contributed by atoms with E-state index in [1.54, 1.807) is 0 Å². The van der Waals surface area contributed by atoms with Crippen molar-refractivity contribution in [1.29, 1.82) is 0 Å². The van der Waals surface area contributed by atoms with Crippen LogP contribution in [0.1, 0.15) is 49.4 Å². The molecule has 2 atom stereocenters. The average Bonchev–Trinajstić information content (AvgIpc) is 2.87. The number of aryl methyl sites for hydroxylation is 2. The van der Waals surface area contributed by atoms with Crippen molar-refractivity contribution in [3.8, 4) is 0 Å². The fourth-order valence-electron chi connectivity index (χ4n) is 3.14. The second-order valence-electron chi connectivity index (χ2n) is 6.55. The van der Waals surface area contributed by atoms with Gasteiger partial charge in [-0.3, -0.25) is 4.90 Å². The summed E-state index contributed by atoms with van der Waals surface area (Å²) in [5.41, 5.74) is 4.08. The summed E-state index contributed by atoms with van der Waals surface area (Å²) in [7, 11) is 0. The molecule has 2 unspecified atom stereocenters. The Morgan fingerprint density at radius 3 is 2.81 bits per heavy atom. The van der Waals surface area contributed by atoms with Gasteiger partial charge < -0.3 is 9.84 Å². The van der Waals surface area contributed by atoms with Crippen LogP contribution < -0.4 is 0 Å². The zero-order valence-electron chi connectivity index (χ0n) is 13.8. The Morgan fingerprint density at radius 1 is 1.33 bits per heavy atom. The van der Waals surface area contributed by atoms with E-state index < -0.39 is 6.10 Å². The van der Waals surface area contributed by atoms with Gasteiger partial charge in [0.25, 0.3) is 0 Å². The highest BCUT2D eigenvalue weighted by atomic mass is 16.5. The third-order valence-electron chi connectivity index (χ3n) is 4.22. The lowest BCUT2D eigenvalue weighted by Gasteiger charge is -2.28. The predicted molar refractivity (Wildman–Crippen MR) is 86.6 cm³/mol. The third-order valence-corrected chi connectivity index (χ3v) is 4.22. The molecule has 1 heterocycles. The largest absolute Gasteiger partial charge is 0.389 e. The molecular weight excluding hydrogens is 262 g/mol. The van der Waals surface area contributed by atoms with E-state index in [-0.39, 0.29) is 6.10 Å². The van der Waals surface area contributed by atoms with E-state index in [0.29, 0.717) is 19.2 Å². The van der Waals surface area contributed by atoms with Crippen molar-refractivity contribution in [2.24, 2.45) is 0 Å². The average molecular weight is 291 g/mol. The molecule has 0 radical (unpaired) electrons. The number of benzene rings is 1. The summed E-state index contributed by atoms with van der Waals surface area (Å²) in [4.78, 5) is 2.41. The summed E-state index contributed by atoms with van der Waals surface area (Å²) < 4.78 is 5.52. The molecule has 0 bridgehead atoms. The maximum atomic E-state index is 10.2. The minimum atomic E-state index is -0.405. The number of aliphatic hydroxyl groups excluding tert-OH is 1. The van der Waals surface area contributed by atoms with Crippen LogP contribution in [0.2, 0.25) is 0 Å². The SMILES string of the molecule is Cc1ccc(C)c(C2CCCN2CC(O)COC(C)C)c1. The van der Waals surface area contributed by atoms with Gasteiger partial charge in [-0.2, -0.15) is 0 Å². The summed E-state index contributed by atoms with van der Waals surface area (Å²) in [5.74, 6) is 0. The van der Waals surface area contributed by atoms with Crippen LogP contribution in [0.15, 0.2) is 18.2 Å². The van der Waals surface area contributed by atoms with Crippen LogP contribution in [-0.2, 0) is 4.74 Å². The van der Waals surface area contributed by atoms with E-state index in [9.17, 15) is 5.11 Å². The Kier molecular flexibility index (Phi) is 5.80. The minimum absolute atomic E-state index is 0.174. The Morgan fingerprint density at radius 2 is 2.10 bits per heavy atom. The molecule has 2 rings (SSSR count). The molecule has 0 aromatic heterocycles. The van der Waals surface area contributed by atoms with Crippen molar-refractivity contribution in [2.45, 2.75) is 58.8 Å². The Hall–Kier alpha value is -0.900. The van der Waals surface area contributed by atoms with Gasteiger partial charge in [-0.25, -0.2) is 0 Å². The van der Waals surface area contributed by atoms with Crippen molar-refractivity contribution in [1.82, 2.24) is 4.90 Å². The molecule has 1 aromatic carbocycles. The fraction of sp³-hybridized carbons (Fsp3) is 0.667. The number of likely N-dealkylation sites (tertiary alicyclic amines) is 1. The molecule has 3 heteroatoms. The number of hydrogen-bond acceptors (Lipinski definition) is 3. The number of β-amino-alcohol motifs (C(OH)–C–C–N with tert-alkyl or cyclic N) is 1. The first-order chi connectivity index (χ1) is 9.97. The smallest absolute Gasteiger partial charge is 0.0900 e. The molecule has 0 saturated carbocycles. The highest BCUT2D eigenvalue weighted by Gasteiger charge is 2.28. The molecule has 1 saturated heterocycles. The predicted octanol–water partition coefficient (Wildman–Crippen LogP) is 3.23. The lowest BCUT2D eigenvalue weighted by molar-refractivity contribution is -0.0102. The second kappa shape index (κ2) is 7.39. The van der Waals surface area contributed by atoms with Gasteiger partial charge in [0.15, 0.2) is 0 Å². The van der Waals surface area contributed by atoms with Gasteiger partial charge in [-0.05, 0) is 58.2 Å². The molecule has 1 fully saturated rings. The molecule has 1 aromatic rings. The number of nitrogens with zero attached hydrogens (tertiary/aromatic N) is 1. The van der Waals surface area contributed by atoms with E-state index in [0.717, 1.165) is 6.54 Å². The Labute approximate surface area is 128 Å². The fourth-order valence-corrected chi connectivity index (χ4v) is 3.14. The van der Waals surface area contributed by atoms with Crippen LogP contribution in [0.5, 0.6) is 0 Å². The molecule has 0 aliphatic carbocycles. The van der Waals surface area contributed by atoms with E-state index in [4.69, 9.17) is 4.74 Å². The first kappa shape index (κ1) is 16.5. The van der Waals surface area contributed by atoms with Crippen LogP contribution in [0.3, 0.4) is 0 Å². The van der Waals surface area contributed by atoms with Crippen molar-refractivity contribution in [3.63, 3.8) is 0 Å². The number of rotatable bonds is 6. The van der Waals surface area contributed by atoms with Gasteiger partial charge in [-0.15, -0.1) is 0 Å². The molecule has 0 spiro atoms. The minimum Gasteiger partial charge on any atom is -0.389 e. The van der Waals surface area contributed by atoms with E-state index in [1.165, 1.54) is 29.5 Å². The first-order valence-electron chi connectivity index (χ1n) is 8.08. The van der Waals surface area contributed by atoms with Crippen LogP contribution in [0, 0.1) is 13.8 Å². The molecule has 21 heavy (non-hydrogen) atoms. The van der Waals surface area contributed by atoms with Crippen molar-refractivity contribution in [2.75, 3.05) is 19.7 Å². The number of aliphatic hydroxyl groups is 1. The summed E-state index contributed by atoms with van der Waals surface area (Å²) >= 11 is 0. The van der Waals surface area contributed by atoms with Crippen molar-refractivity contribution < 1.29 is 9.84 Å². The van der Waals surface area contributed by atoms with Gasteiger partial charge in [0.1, 0.15) is 0 Å². The van der Waals surface area contributed by atoms with Crippen LogP contribution >= 0.6 is 0 Å². The summed E-state index contributed by atoms with van der Waals surface area (Å²) in [6, 6.07) is 7.12. The lowest BCUT2D eigenvalue weighted by atomic mass is 9.97. The zero-order chi connectivity index (χ0) is 15.4. The first-order valence-corrected chi connectivity index (χ1v) is 8.08. The van der Waals surface area contributed by atoms with Gasteiger partial charge in [0.05, 0.1) is 18.8 Å². The number of ether oxygens (including phenoxy) is 1. The molecule has 1 N–H and O–H groups in total. The van der Waals surface area contributed by atoms with Crippen LogP contribution in [0.4, 0.5) is 0 Å². The summed E-state index contributed by atoms with van der Waals surface area (Å²) in [6.07, 6.45) is 2.16. The summed E-state index contributed by atoms with van der Waals surface area (Å²) in [6.45, 7) is 10.5. The maximum absolute atomic E-state index is 10.2. The van der Waals surface area contributed by atoms with Gasteiger partial charge >= 0.3 is 0 Å². The maximum Gasteiger partial charge on any atom is 0.0900 e. The van der Waals surface area contributed by atoms with Gasteiger partial charge in [0, 0.05) is 12.6 Å². The zero-order valence-corrected chi connectivity index (χ0v) is 13.8. The molecule has 3 nitrogen and oxygen atoms in total. The quantitative estimate of drug-likeness (QED) is 0.873. The highest BCUT2D eigenvalue weighted by molar-refractivity contribution is 5.33. The molecule has 0 amide bonds. The van der Waals surface area contributed by atoms with E-state index in [2.05, 4.69) is 36.9 Å². The van der Waals surface area contributed by atoms with Gasteiger partial charge in [-0.1, -0.05) is 23.8 Å². The van der Waals surface area contributed by atoms with Crippen LogP contribution in [0.25, 0.3) is 0 Å². The van der Waals surface area contributed by atoms with Crippen molar-refractivity contribution >= 4 is 0 Å². The monoisotopic (exact) mass is 291 g/mol. The van der Waals surface area contributed by atoms with Crippen LogP contribution in [-0.4, -0.2) is 41.9 Å². The standard InChI is InChI=1S/C18H29NO2/c1-13(2)21-12-16(20)11-19-9-5-6-18(19)17-10-14(3)7-8-15(17)4/h7-8,10,13,16,18,20H,5-6,9,11-12H2,1-4H3. The topological polar surface area (TPSA) is 32.7 Å². The van der Waals surface area contributed by atoms with E-state index in [1.807, 2.05) is 13.8 Å².